The van der Waals surface area contributed by atoms with Crippen LogP contribution in [-0.4, -0.2) is 34.7 Å². The normalized spacial score (nSPS) is 11.1. The highest BCUT2D eigenvalue weighted by molar-refractivity contribution is 7.71. The van der Waals surface area contributed by atoms with Crippen molar-refractivity contribution in [3.05, 3.63) is 63.2 Å². The molecule has 3 N–H and O–H groups in total. The molecule has 2 aromatic carbocycles. The van der Waals surface area contributed by atoms with Crippen molar-refractivity contribution in [3.63, 3.8) is 0 Å². The van der Waals surface area contributed by atoms with Crippen LogP contribution in [0.1, 0.15) is 24.8 Å². The number of H-pyrrole nitrogens is 2. The first-order chi connectivity index (χ1) is 16.0. The molecule has 0 aliphatic rings. The monoisotopic (exact) mass is 466 g/mol. The van der Waals surface area contributed by atoms with Crippen LogP contribution in [0.5, 0.6) is 11.5 Å². The summed E-state index contributed by atoms with van der Waals surface area (Å²) in [6, 6.07) is 13.2. The molecular weight excluding hydrogens is 440 g/mol. The highest BCUT2D eigenvalue weighted by Gasteiger charge is 2.12. The van der Waals surface area contributed by atoms with E-state index in [-0.39, 0.29) is 11.5 Å². The average molecular weight is 467 g/mol. The van der Waals surface area contributed by atoms with E-state index in [1.807, 2.05) is 42.5 Å². The van der Waals surface area contributed by atoms with Crippen LogP contribution in [0.2, 0.25) is 0 Å². The van der Waals surface area contributed by atoms with E-state index < -0.39 is 0 Å². The minimum absolute atomic E-state index is 0.0321. The summed E-state index contributed by atoms with van der Waals surface area (Å²) >= 11 is 5.45. The van der Waals surface area contributed by atoms with Crippen LogP contribution < -0.4 is 20.3 Å². The van der Waals surface area contributed by atoms with Crippen LogP contribution in [0.4, 0.5) is 0 Å². The third-order valence-electron chi connectivity index (χ3n) is 5.60. The quantitative estimate of drug-likeness (QED) is 0.255. The first-order valence-corrected chi connectivity index (χ1v) is 11.1. The molecule has 9 heteroatoms. The lowest BCUT2D eigenvalue weighted by molar-refractivity contribution is -0.121. The fourth-order valence-corrected chi connectivity index (χ4v) is 4.10. The van der Waals surface area contributed by atoms with Crippen LogP contribution in [0.3, 0.4) is 0 Å². The predicted octanol–water partition coefficient (Wildman–Crippen LogP) is 4.04. The molecule has 0 fully saturated rings. The molecular formula is C24H26N4O4S. The smallest absolute Gasteiger partial charge is 0.278 e. The topological polar surface area (TPSA) is 101 Å². The molecule has 8 nitrogen and oxygen atoms in total. The van der Waals surface area contributed by atoms with Crippen LogP contribution >= 0.6 is 12.2 Å². The number of nitrogens with one attached hydrogen (secondary N) is 3. The van der Waals surface area contributed by atoms with Crippen LogP contribution in [-0.2, 0) is 17.9 Å². The standard InChI is InChI=1S/C24H26N4O4S/c1-31-16-7-5-6-15(12-16)14-25-20(29)8-3-4-11-28-23(30)22-21(27-24(28)33)18-13-17(32-2)9-10-19(18)26-22/h5-7,9-10,12-13,26H,3-4,8,11,14H2,1-2H3,(H,25,29)(H,27,33). The van der Waals surface area contributed by atoms with Crippen molar-refractivity contribution >= 4 is 40.1 Å². The van der Waals surface area contributed by atoms with E-state index in [1.165, 1.54) is 0 Å². The number of benzene rings is 2. The van der Waals surface area contributed by atoms with Gasteiger partial charge in [0.2, 0.25) is 5.91 Å². The summed E-state index contributed by atoms with van der Waals surface area (Å²) < 4.78 is 12.4. The molecule has 0 saturated heterocycles. The Kier molecular flexibility index (Phi) is 6.79. The zero-order valence-corrected chi connectivity index (χ0v) is 19.4. The Balaban J connectivity index is 1.37. The number of methoxy groups -OCH3 is 2. The van der Waals surface area contributed by atoms with E-state index in [2.05, 4.69) is 15.3 Å². The summed E-state index contributed by atoms with van der Waals surface area (Å²) in [4.78, 5) is 31.6. The average Bonchev–Trinajstić information content (AvgIpc) is 3.20. The van der Waals surface area contributed by atoms with Crippen molar-refractivity contribution in [2.45, 2.75) is 32.4 Å². The molecule has 0 unspecified atom stereocenters. The van der Waals surface area contributed by atoms with Gasteiger partial charge in [0.15, 0.2) is 4.77 Å². The molecule has 1 amide bonds. The molecule has 0 atom stereocenters. The number of amides is 1. The van der Waals surface area contributed by atoms with Gasteiger partial charge in [-0.15, -0.1) is 0 Å². The molecule has 2 heterocycles. The summed E-state index contributed by atoms with van der Waals surface area (Å²) in [5.74, 6) is 1.43. The number of carbonyl (C=O) groups excluding carboxylic acids is 1. The van der Waals surface area contributed by atoms with E-state index in [0.717, 1.165) is 22.2 Å². The maximum atomic E-state index is 13.0. The number of hydrogen-bond acceptors (Lipinski definition) is 5. The summed E-state index contributed by atoms with van der Waals surface area (Å²) in [6.45, 7) is 0.883. The highest BCUT2D eigenvalue weighted by atomic mass is 32.1. The molecule has 0 saturated carbocycles. The van der Waals surface area contributed by atoms with Crippen LogP contribution in [0, 0.1) is 4.77 Å². The number of ether oxygens (including phenoxy) is 2. The van der Waals surface area contributed by atoms with E-state index in [0.29, 0.717) is 53.9 Å². The SMILES string of the molecule is COc1cccc(CNC(=O)CCCCn2c(=S)[nH]c3c([nH]c4ccc(OC)cc43)c2=O)c1. The Labute approximate surface area is 195 Å². The molecule has 0 aliphatic carbocycles. The Morgan fingerprint density at radius 1 is 1.03 bits per heavy atom. The molecule has 4 aromatic rings. The summed E-state index contributed by atoms with van der Waals surface area (Å²) in [5, 5.41) is 3.77. The second-order valence-electron chi connectivity index (χ2n) is 7.76. The first-order valence-electron chi connectivity index (χ1n) is 10.7. The second-order valence-corrected chi connectivity index (χ2v) is 8.15. The molecule has 172 valence electrons. The van der Waals surface area contributed by atoms with Gasteiger partial charge in [-0.3, -0.25) is 14.2 Å². The Bertz CT molecular complexity index is 1420. The minimum atomic E-state index is -0.175. The van der Waals surface area contributed by atoms with E-state index in [4.69, 9.17) is 21.7 Å². The third kappa shape index (κ3) is 4.93. The van der Waals surface area contributed by atoms with Gasteiger partial charge >= 0.3 is 0 Å². The van der Waals surface area contributed by atoms with Crippen molar-refractivity contribution in [1.82, 2.24) is 19.9 Å². The number of fused-ring (bicyclic) bond motifs is 3. The van der Waals surface area contributed by atoms with Gasteiger partial charge in [0.25, 0.3) is 5.56 Å². The number of carbonyl (C=O) groups is 1. The van der Waals surface area contributed by atoms with Gasteiger partial charge in [0.1, 0.15) is 17.0 Å². The number of aromatic nitrogens is 3. The summed E-state index contributed by atoms with van der Waals surface area (Å²) in [7, 11) is 3.21. The number of unbranched alkanes of at least 4 members (excludes halogenated alkanes) is 1. The number of nitrogens with zero attached hydrogens (tertiary/aromatic N) is 1. The molecule has 33 heavy (non-hydrogen) atoms. The van der Waals surface area contributed by atoms with Gasteiger partial charge < -0.3 is 24.8 Å². The van der Waals surface area contributed by atoms with E-state index in [9.17, 15) is 9.59 Å². The van der Waals surface area contributed by atoms with Gasteiger partial charge in [-0.2, -0.15) is 0 Å². The lowest BCUT2D eigenvalue weighted by Gasteiger charge is -2.08. The number of hydrogen-bond donors (Lipinski definition) is 3. The van der Waals surface area contributed by atoms with Gasteiger partial charge in [-0.05, 0) is 61.0 Å². The third-order valence-corrected chi connectivity index (χ3v) is 5.92. The number of rotatable bonds is 9. The predicted molar refractivity (Wildman–Crippen MR) is 130 cm³/mol. The van der Waals surface area contributed by atoms with E-state index in [1.54, 1.807) is 18.8 Å². The van der Waals surface area contributed by atoms with Crippen molar-refractivity contribution in [3.8, 4) is 11.5 Å². The molecule has 0 aliphatic heterocycles. The van der Waals surface area contributed by atoms with Crippen LogP contribution in [0.15, 0.2) is 47.3 Å². The maximum absolute atomic E-state index is 13.0. The highest BCUT2D eigenvalue weighted by Crippen LogP contribution is 2.25. The van der Waals surface area contributed by atoms with Crippen molar-refractivity contribution < 1.29 is 14.3 Å². The fourth-order valence-electron chi connectivity index (χ4n) is 3.82. The Morgan fingerprint density at radius 3 is 2.61 bits per heavy atom. The first kappa shape index (κ1) is 22.6. The largest absolute Gasteiger partial charge is 0.497 e. The van der Waals surface area contributed by atoms with Crippen molar-refractivity contribution in [2.75, 3.05) is 14.2 Å². The van der Waals surface area contributed by atoms with Crippen molar-refractivity contribution in [2.24, 2.45) is 0 Å². The van der Waals surface area contributed by atoms with Crippen molar-refractivity contribution in [1.29, 1.82) is 0 Å². The minimum Gasteiger partial charge on any atom is -0.497 e. The molecule has 0 spiro atoms. The fraction of sp³-hybridized carbons (Fsp3) is 0.292. The lowest BCUT2D eigenvalue weighted by atomic mass is 10.2. The summed E-state index contributed by atoms with van der Waals surface area (Å²) in [6.07, 6.45) is 1.68. The molecule has 0 radical (unpaired) electrons. The second kappa shape index (κ2) is 9.91. The zero-order valence-electron chi connectivity index (χ0n) is 18.6. The maximum Gasteiger partial charge on any atom is 0.278 e. The van der Waals surface area contributed by atoms with Gasteiger partial charge in [0, 0.05) is 30.4 Å². The zero-order chi connectivity index (χ0) is 23.4. The van der Waals surface area contributed by atoms with E-state index >= 15 is 0 Å². The van der Waals surface area contributed by atoms with Gasteiger partial charge in [-0.1, -0.05) is 12.1 Å². The Morgan fingerprint density at radius 2 is 1.82 bits per heavy atom. The summed E-state index contributed by atoms with van der Waals surface area (Å²) in [5.41, 5.74) is 2.78. The molecule has 2 aromatic heterocycles. The Hall–Kier alpha value is -3.59. The van der Waals surface area contributed by atoms with Crippen LogP contribution in [0.25, 0.3) is 21.9 Å². The van der Waals surface area contributed by atoms with Gasteiger partial charge in [0.05, 0.1) is 19.7 Å². The molecule has 4 rings (SSSR count). The molecule has 0 bridgehead atoms. The van der Waals surface area contributed by atoms with Gasteiger partial charge in [-0.25, -0.2) is 0 Å². The number of aromatic amines is 2. The lowest BCUT2D eigenvalue weighted by Crippen LogP contribution is -2.24.